The summed E-state index contributed by atoms with van der Waals surface area (Å²) in [4.78, 5) is 15.7. The van der Waals surface area contributed by atoms with E-state index in [-0.39, 0.29) is 5.57 Å². The van der Waals surface area contributed by atoms with E-state index in [1.54, 1.807) is 6.08 Å². The molecule has 3 rings (SSSR count). The zero-order valence-corrected chi connectivity index (χ0v) is 16.2. The number of nitrogens with one attached hydrogen (secondary N) is 1. The molecule has 0 atom stereocenters. The molecule has 1 aliphatic carbocycles. The van der Waals surface area contributed by atoms with E-state index in [1.807, 2.05) is 49.3 Å². The van der Waals surface area contributed by atoms with Crippen LogP contribution in [0.15, 0.2) is 29.8 Å². The standard InChI is InChI=1S/C21H20N4OS/c1-25(2)16-9-7-14(8-10-16)11-15(12-22)20(26)24-21-18(13-23)17-5-3-4-6-19(17)27-21/h7-11H,3-6H2,1-2H3,(H,24,26)/b15-11+. The highest BCUT2D eigenvalue weighted by Gasteiger charge is 2.22. The van der Waals surface area contributed by atoms with Crippen molar-refractivity contribution in [3.05, 3.63) is 51.4 Å². The minimum absolute atomic E-state index is 0.0165. The number of nitriles is 2. The minimum Gasteiger partial charge on any atom is -0.378 e. The lowest BCUT2D eigenvalue weighted by Crippen LogP contribution is -2.13. The van der Waals surface area contributed by atoms with Crippen molar-refractivity contribution in [1.82, 2.24) is 0 Å². The summed E-state index contributed by atoms with van der Waals surface area (Å²) in [5.74, 6) is -0.482. The van der Waals surface area contributed by atoms with Crippen LogP contribution in [0.3, 0.4) is 0 Å². The summed E-state index contributed by atoms with van der Waals surface area (Å²) < 4.78 is 0. The van der Waals surface area contributed by atoms with Gasteiger partial charge in [-0.1, -0.05) is 12.1 Å². The Morgan fingerprint density at radius 1 is 1.19 bits per heavy atom. The van der Waals surface area contributed by atoms with Gasteiger partial charge in [0.2, 0.25) is 0 Å². The van der Waals surface area contributed by atoms with Gasteiger partial charge in [-0.2, -0.15) is 10.5 Å². The molecule has 0 spiro atoms. The molecule has 0 saturated heterocycles. The Kier molecular flexibility index (Phi) is 5.59. The van der Waals surface area contributed by atoms with Crippen LogP contribution in [0.4, 0.5) is 10.7 Å². The van der Waals surface area contributed by atoms with Gasteiger partial charge in [0.1, 0.15) is 22.7 Å². The Morgan fingerprint density at radius 2 is 1.89 bits per heavy atom. The molecule has 1 aromatic carbocycles. The van der Waals surface area contributed by atoms with E-state index in [1.165, 1.54) is 16.2 Å². The van der Waals surface area contributed by atoms with Gasteiger partial charge in [-0.15, -0.1) is 11.3 Å². The van der Waals surface area contributed by atoms with Gasteiger partial charge in [-0.05, 0) is 55.0 Å². The average molecular weight is 376 g/mol. The Bertz CT molecular complexity index is 971. The lowest BCUT2D eigenvalue weighted by Gasteiger charge is -2.11. The number of carbonyl (C=O) groups is 1. The van der Waals surface area contributed by atoms with Crippen LogP contribution in [-0.2, 0) is 17.6 Å². The third-order valence-corrected chi connectivity index (χ3v) is 5.80. The fourth-order valence-electron chi connectivity index (χ4n) is 3.13. The number of hydrogen-bond donors (Lipinski definition) is 1. The number of fused-ring (bicyclic) bond motifs is 1. The second-order valence-electron chi connectivity index (χ2n) is 6.64. The summed E-state index contributed by atoms with van der Waals surface area (Å²) in [5.41, 5.74) is 3.44. The molecular weight excluding hydrogens is 356 g/mol. The number of anilines is 2. The lowest BCUT2D eigenvalue weighted by molar-refractivity contribution is -0.112. The molecule has 1 heterocycles. The monoisotopic (exact) mass is 376 g/mol. The van der Waals surface area contributed by atoms with Crippen LogP contribution in [-0.4, -0.2) is 20.0 Å². The number of hydrogen-bond acceptors (Lipinski definition) is 5. The van der Waals surface area contributed by atoms with Crippen molar-refractivity contribution in [1.29, 1.82) is 10.5 Å². The molecule has 5 nitrogen and oxygen atoms in total. The van der Waals surface area contributed by atoms with E-state index < -0.39 is 5.91 Å². The zero-order chi connectivity index (χ0) is 19.4. The maximum absolute atomic E-state index is 12.6. The van der Waals surface area contributed by atoms with Crippen LogP contribution in [0, 0.1) is 22.7 Å². The van der Waals surface area contributed by atoms with Crippen molar-refractivity contribution in [2.24, 2.45) is 0 Å². The Hall–Kier alpha value is -3.09. The van der Waals surface area contributed by atoms with Crippen molar-refractivity contribution in [3.8, 4) is 12.1 Å². The minimum atomic E-state index is -0.482. The van der Waals surface area contributed by atoms with Crippen LogP contribution in [0.2, 0.25) is 0 Å². The van der Waals surface area contributed by atoms with E-state index in [0.717, 1.165) is 42.5 Å². The van der Waals surface area contributed by atoms with Crippen LogP contribution >= 0.6 is 11.3 Å². The maximum atomic E-state index is 12.6. The zero-order valence-electron chi connectivity index (χ0n) is 15.4. The second kappa shape index (κ2) is 8.07. The number of benzene rings is 1. The molecule has 1 amide bonds. The summed E-state index contributed by atoms with van der Waals surface area (Å²) >= 11 is 1.46. The van der Waals surface area contributed by atoms with Gasteiger partial charge in [-0.3, -0.25) is 4.79 Å². The SMILES string of the molecule is CN(C)c1ccc(/C=C(\C#N)C(=O)Nc2sc3c(c2C#N)CCCC3)cc1. The molecule has 27 heavy (non-hydrogen) atoms. The van der Waals surface area contributed by atoms with E-state index in [2.05, 4.69) is 11.4 Å². The van der Waals surface area contributed by atoms with E-state index >= 15 is 0 Å². The molecule has 136 valence electrons. The first-order chi connectivity index (χ1) is 13.0. The Labute approximate surface area is 163 Å². The average Bonchev–Trinajstić information content (AvgIpc) is 3.03. The number of aryl methyl sites for hydroxylation is 1. The molecular formula is C21H20N4OS. The summed E-state index contributed by atoms with van der Waals surface area (Å²) in [5, 5.41) is 22.2. The number of carbonyl (C=O) groups excluding carboxylic acids is 1. The van der Waals surface area contributed by atoms with Crippen LogP contribution in [0.1, 0.15) is 34.4 Å². The normalized spacial score (nSPS) is 13.3. The predicted molar refractivity (Wildman–Crippen MR) is 109 cm³/mol. The molecule has 1 N–H and O–H groups in total. The van der Waals surface area contributed by atoms with Crippen molar-refractivity contribution in [3.63, 3.8) is 0 Å². The molecule has 0 fully saturated rings. The molecule has 2 aromatic rings. The first-order valence-corrected chi connectivity index (χ1v) is 9.60. The highest BCUT2D eigenvalue weighted by molar-refractivity contribution is 7.16. The van der Waals surface area contributed by atoms with Gasteiger partial charge in [0.15, 0.2) is 0 Å². The van der Waals surface area contributed by atoms with Gasteiger partial charge in [0.25, 0.3) is 5.91 Å². The van der Waals surface area contributed by atoms with Crippen molar-refractivity contribution in [2.45, 2.75) is 25.7 Å². The highest BCUT2D eigenvalue weighted by atomic mass is 32.1. The van der Waals surface area contributed by atoms with E-state index in [4.69, 9.17) is 0 Å². The topological polar surface area (TPSA) is 79.9 Å². The molecule has 0 aliphatic heterocycles. The fraction of sp³-hybridized carbons (Fsp3) is 0.286. The first kappa shape index (κ1) is 18.7. The van der Waals surface area contributed by atoms with Gasteiger partial charge in [0, 0.05) is 24.7 Å². The molecule has 6 heteroatoms. The third kappa shape index (κ3) is 4.02. The largest absolute Gasteiger partial charge is 0.378 e. The third-order valence-electron chi connectivity index (χ3n) is 4.60. The predicted octanol–water partition coefficient (Wildman–Crippen LogP) is 4.11. The van der Waals surface area contributed by atoms with E-state index in [9.17, 15) is 15.3 Å². The van der Waals surface area contributed by atoms with E-state index in [0.29, 0.717) is 10.6 Å². The molecule has 0 bridgehead atoms. The molecule has 0 unspecified atom stereocenters. The molecule has 1 aromatic heterocycles. The van der Waals surface area contributed by atoms with Gasteiger partial charge in [-0.25, -0.2) is 0 Å². The summed E-state index contributed by atoms with van der Waals surface area (Å²) in [7, 11) is 3.90. The highest BCUT2D eigenvalue weighted by Crippen LogP contribution is 2.37. The van der Waals surface area contributed by atoms with Crippen molar-refractivity contribution in [2.75, 3.05) is 24.3 Å². The van der Waals surface area contributed by atoms with Gasteiger partial charge >= 0.3 is 0 Å². The van der Waals surface area contributed by atoms with Crippen LogP contribution in [0.5, 0.6) is 0 Å². The molecule has 0 radical (unpaired) electrons. The van der Waals surface area contributed by atoms with Crippen molar-refractivity contribution >= 4 is 34.0 Å². The Balaban J connectivity index is 1.83. The lowest BCUT2D eigenvalue weighted by atomic mass is 9.96. The molecule has 1 aliphatic rings. The quantitative estimate of drug-likeness (QED) is 0.643. The molecule has 0 saturated carbocycles. The number of amides is 1. The fourth-order valence-corrected chi connectivity index (χ4v) is 4.36. The van der Waals surface area contributed by atoms with Crippen molar-refractivity contribution < 1.29 is 4.79 Å². The second-order valence-corrected chi connectivity index (χ2v) is 7.74. The van der Waals surface area contributed by atoms with Crippen LogP contribution < -0.4 is 10.2 Å². The smallest absolute Gasteiger partial charge is 0.266 e. The Morgan fingerprint density at radius 3 is 2.52 bits per heavy atom. The number of nitrogens with zero attached hydrogens (tertiary/aromatic N) is 3. The maximum Gasteiger partial charge on any atom is 0.266 e. The summed E-state index contributed by atoms with van der Waals surface area (Å²) in [6, 6.07) is 11.8. The first-order valence-electron chi connectivity index (χ1n) is 8.78. The van der Waals surface area contributed by atoms with Gasteiger partial charge < -0.3 is 10.2 Å². The summed E-state index contributed by atoms with van der Waals surface area (Å²) in [6.07, 6.45) is 5.57. The number of thiophene rings is 1. The summed E-state index contributed by atoms with van der Waals surface area (Å²) in [6.45, 7) is 0. The van der Waals surface area contributed by atoms with Crippen LogP contribution in [0.25, 0.3) is 6.08 Å². The van der Waals surface area contributed by atoms with Gasteiger partial charge in [0.05, 0.1) is 5.56 Å². The number of rotatable bonds is 4.